The molecule has 1 aliphatic heterocycles. The van der Waals surface area contributed by atoms with Gasteiger partial charge in [-0.25, -0.2) is 18.4 Å². The lowest BCUT2D eigenvalue weighted by atomic mass is 10.2. The van der Waals surface area contributed by atoms with Gasteiger partial charge in [0.2, 0.25) is 10.0 Å². The Morgan fingerprint density at radius 2 is 2.00 bits per heavy atom. The first-order chi connectivity index (χ1) is 10.6. The SMILES string of the molecule is Cc1nccc(C2CN(S(=O)(=O)c3ccccc3)CCO2)n1. The maximum absolute atomic E-state index is 12.7. The molecule has 0 saturated carbocycles. The molecule has 116 valence electrons. The van der Waals surface area contributed by atoms with Crippen LogP contribution in [-0.2, 0) is 14.8 Å². The van der Waals surface area contributed by atoms with Gasteiger partial charge in [-0.15, -0.1) is 0 Å². The van der Waals surface area contributed by atoms with Crippen LogP contribution in [0.1, 0.15) is 17.6 Å². The van der Waals surface area contributed by atoms with Gasteiger partial charge in [0.05, 0.1) is 17.2 Å². The van der Waals surface area contributed by atoms with Gasteiger partial charge >= 0.3 is 0 Å². The van der Waals surface area contributed by atoms with E-state index in [0.717, 1.165) is 0 Å². The number of morpholine rings is 1. The molecule has 1 aliphatic rings. The van der Waals surface area contributed by atoms with Crippen LogP contribution in [0.3, 0.4) is 0 Å². The molecule has 22 heavy (non-hydrogen) atoms. The van der Waals surface area contributed by atoms with Crippen molar-refractivity contribution in [2.75, 3.05) is 19.7 Å². The quantitative estimate of drug-likeness (QED) is 0.858. The molecule has 0 spiro atoms. The minimum atomic E-state index is -3.50. The lowest BCUT2D eigenvalue weighted by molar-refractivity contribution is -0.00509. The third-order valence-electron chi connectivity index (χ3n) is 3.54. The second kappa shape index (κ2) is 6.12. The summed E-state index contributed by atoms with van der Waals surface area (Å²) in [6.07, 6.45) is 1.29. The van der Waals surface area contributed by atoms with Gasteiger partial charge < -0.3 is 4.74 Å². The summed E-state index contributed by atoms with van der Waals surface area (Å²) < 4.78 is 32.5. The number of benzene rings is 1. The van der Waals surface area contributed by atoms with Crippen molar-refractivity contribution in [1.29, 1.82) is 0 Å². The summed E-state index contributed by atoms with van der Waals surface area (Å²) in [6.45, 7) is 2.75. The Morgan fingerprint density at radius 3 is 2.73 bits per heavy atom. The minimum Gasteiger partial charge on any atom is -0.369 e. The smallest absolute Gasteiger partial charge is 0.243 e. The highest BCUT2D eigenvalue weighted by atomic mass is 32.2. The van der Waals surface area contributed by atoms with Crippen molar-refractivity contribution in [2.24, 2.45) is 0 Å². The molecule has 0 amide bonds. The normalized spacial score (nSPS) is 20.0. The van der Waals surface area contributed by atoms with E-state index in [9.17, 15) is 8.42 Å². The van der Waals surface area contributed by atoms with Crippen LogP contribution in [0.15, 0.2) is 47.5 Å². The van der Waals surface area contributed by atoms with Gasteiger partial charge in [-0.05, 0) is 25.1 Å². The third kappa shape index (κ3) is 3.01. The van der Waals surface area contributed by atoms with Crippen LogP contribution >= 0.6 is 0 Å². The number of sulfonamides is 1. The summed E-state index contributed by atoms with van der Waals surface area (Å²) in [5.41, 5.74) is 0.709. The first-order valence-electron chi connectivity index (χ1n) is 7.04. The summed E-state index contributed by atoms with van der Waals surface area (Å²) in [4.78, 5) is 8.68. The van der Waals surface area contributed by atoms with Gasteiger partial charge in [0.15, 0.2) is 0 Å². The number of hydrogen-bond donors (Lipinski definition) is 0. The molecule has 0 N–H and O–H groups in total. The van der Waals surface area contributed by atoms with Crippen molar-refractivity contribution in [3.05, 3.63) is 54.1 Å². The number of hydrogen-bond acceptors (Lipinski definition) is 5. The molecule has 1 unspecified atom stereocenters. The summed E-state index contributed by atoms with van der Waals surface area (Å²) in [6, 6.07) is 10.2. The number of ether oxygens (including phenoxy) is 1. The lowest BCUT2D eigenvalue weighted by Crippen LogP contribution is -2.42. The highest BCUT2D eigenvalue weighted by molar-refractivity contribution is 7.89. The second-order valence-corrected chi connectivity index (χ2v) is 7.00. The van der Waals surface area contributed by atoms with E-state index in [4.69, 9.17) is 4.74 Å². The molecular formula is C15H17N3O3S. The monoisotopic (exact) mass is 319 g/mol. The second-order valence-electron chi connectivity index (χ2n) is 5.06. The molecule has 1 aromatic carbocycles. The molecule has 0 radical (unpaired) electrons. The standard InChI is InChI=1S/C15H17N3O3S/c1-12-16-8-7-14(17-12)15-11-18(9-10-21-15)22(19,20)13-5-3-2-4-6-13/h2-8,15H,9-11H2,1H3. The van der Waals surface area contributed by atoms with Crippen molar-refractivity contribution in [2.45, 2.75) is 17.9 Å². The Balaban J connectivity index is 1.84. The van der Waals surface area contributed by atoms with Crippen LogP contribution in [0.4, 0.5) is 0 Å². The Bertz CT molecular complexity index is 750. The van der Waals surface area contributed by atoms with Crippen molar-refractivity contribution in [1.82, 2.24) is 14.3 Å². The van der Waals surface area contributed by atoms with Gasteiger partial charge in [0.25, 0.3) is 0 Å². The van der Waals surface area contributed by atoms with Crippen LogP contribution in [0.2, 0.25) is 0 Å². The van der Waals surface area contributed by atoms with E-state index in [1.54, 1.807) is 49.5 Å². The molecule has 3 rings (SSSR count). The van der Waals surface area contributed by atoms with Crippen molar-refractivity contribution in [3.63, 3.8) is 0 Å². The van der Waals surface area contributed by atoms with E-state index in [0.29, 0.717) is 29.6 Å². The van der Waals surface area contributed by atoms with Gasteiger partial charge in [-0.2, -0.15) is 4.31 Å². The fourth-order valence-electron chi connectivity index (χ4n) is 2.42. The van der Waals surface area contributed by atoms with Crippen molar-refractivity contribution in [3.8, 4) is 0 Å². The average molecular weight is 319 g/mol. The molecule has 1 fully saturated rings. The lowest BCUT2D eigenvalue weighted by Gasteiger charge is -2.31. The number of aromatic nitrogens is 2. The highest BCUT2D eigenvalue weighted by Gasteiger charge is 2.32. The van der Waals surface area contributed by atoms with Crippen LogP contribution in [0.25, 0.3) is 0 Å². The van der Waals surface area contributed by atoms with E-state index < -0.39 is 10.0 Å². The summed E-state index contributed by atoms with van der Waals surface area (Å²) >= 11 is 0. The molecule has 1 atom stereocenters. The molecule has 0 bridgehead atoms. The van der Waals surface area contributed by atoms with E-state index >= 15 is 0 Å². The molecule has 2 heterocycles. The predicted octanol–water partition coefficient (Wildman–Crippen LogP) is 1.55. The minimum absolute atomic E-state index is 0.258. The largest absolute Gasteiger partial charge is 0.369 e. The first-order valence-corrected chi connectivity index (χ1v) is 8.48. The number of aryl methyl sites for hydroxylation is 1. The molecule has 2 aromatic rings. The van der Waals surface area contributed by atoms with E-state index in [1.165, 1.54) is 4.31 Å². The fraction of sp³-hybridized carbons (Fsp3) is 0.333. The third-order valence-corrected chi connectivity index (χ3v) is 5.42. The Kier molecular flexibility index (Phi) is 4.19. The molecular weight excluding hydrogens is 302 g/mol. The van der Waals surface area contributed by atoms with Crippen molar-refractivity contribution < 1.29 is 13.2 Å². The zero-order chi connectivity index (χ0) is 15.6. The average Bonchev–Trinajstić information content (AvgIpc) is 2.56. The molecule has 7 heteroatoms. The zero-order valence-electron chi connectivity index (χ0n) is 12.2. The maximum atomic E-state index is 12.7. The van der Waals surface area contributed by atoms with E-state index in [-0.39, 0.29) is 12.6 Å². The molecule has 6 nitrogen and oxygen atoms in total. The molecule has 0 aliphatic carbocycles. The van der Waals surface area contributed by atoms with Crippen LogP contribution < -0.4 is 0 Å². The Hall–Kier alpha value is -1.83. The predicted molar refractivity (Wildman–Crippen MR) is 80.7 cm³/mol. The molecule has 1 aromatic heterocycles. The summed E-state index contributed by atoms with van der Waals surface area (Å²) in [5, 5.41) is 0. The summed E-state index contributed by atoms with van der Waals surface area (Å²) in [5.74, 6) is 0.643. The summed E-state index contributed by atoms with van der Waals surface area (Å²) in [7, 11) is -3.50. The van der Waals surface area contributed by atoms with E-state index in [1.807, 2.05) is 0 Å². The number of rotatable bonds is 3. The van der Waals surface area contributed by atoms with Crippen LogP contribution in [0.5, 0.6) is 0 Å². The van der Waals surface area contributed by atoms with Gasteiger partial charge in [-0.3, -0.25) is 0 Å². The topological polar surface area (TPSA) is 72.4 Å². The maximum Gasteiger partial charge on any atom is 0.243 e. The fourth-order valence-corrected chi connectivity index (χ4v) is 3.86. The Morgan fingerprint density at radius 1 is 1.23 bits per heavy atom. The van der Waals surface area contributed by atoms with Gasteiger partial charge in [-0.1, -0.05) is 18.2 Å². The van der Waals surface area contributed by atoms with Crippen LogP contribution in [0, 0.1) is 6.92 Å². The van der Waals surface area contributed by atoms with Gasteiger partial charge in [0.1, 0.15) is 11.9 Å². The van der Waals surface area contributed by atoms with E-state index in [2.05, 4.69) is 9.97 Å². The van der Waals surface area contributed by atoms with Crippen molar-refractivity contribution >= 4 is 10.0 Å². The molecule has 1 saturated heterocycles. The highest BCUT2D eigenvalue weighted by Crippen LogP contribution is 2.25. The number of nitrogens with zero attached hydrogens (tertiary/aromatic N) is 3. The van der Waals surface area contributed by atoms with Gasteiger partial charge in [0, 0.05) is 19.3 Å². The Labute approximate surface area is 129 Å². The zero-order valence-corrected chi connectivity index (χ0v) is 13.0. The first kappa shape index (κ1) is 15.1. The van der Waals surface area contributed by atoms with Crippen LogP contribution in [-0.4, -0.2) is 42.4 Å².